The fourth-order valence-electron chi connectivity index (χ4n) is 2.32. The van der Waals surface area contributed by atoms with Gasteiger partial charge in [-0.15, -0.1) is 0 Å². The number of aromatic carboxylic acids is 2. The molecule has 4 rings (SSSR count). The lowest BCUT2D eigenvalue weighted by Crippen LogP contribution is -1.95. The number of thiazole rings is 2. The van der Waals surface area contributed by atoms with E-state index in [9.17, 15) is 9.59 Å². The monoisotopic (exact) mass is 371 g/mol. The Morgan fingerprint density at radius 3 is 1.64 bits per heavy atom. The van der Waals surface area contributed by atoms with Crippen molar-refractivity contribution >= 4 is 65.3 Å². The molecule has 0 saturated heterocycles. The number of hydrogen-bond acceptors (Lipinski definition) is 7. The summed E-state index contributed by atoms with van der Waals surface area (Å²) < 4.78 is 1.73. The van der Waals surface area contributed by atoms with Crippen molar-refractivity contribution < 1.29 is 19.8 Å². The Hall–Kier alpha value is -3.04. The topological polar surface area (TPSA) is 112 Å². The first kappa shape index (κ1) is 15.5. The van der Waals surface area contributed by atoms with E-state index in [0.29, 0.717) is 21.3 Å². The molecule has 2 heterocycles. The van der Waals surface area contributed by atoms with Crippen molar-refractivity contribution in [2.45, 2.75) is 0 Å². The summed E-state index contributed by atoms with van der Waals surface area (Å²) in [6.45, 7) is 0. The van der Waals surface area contributed by atoms with Crippen molar-refractivity contribution in [1.29, 1.82) is 0 Å². The van der Waals surface area contributed by atoms with Crippen LogP contribution in [-0.4, -0.2) is 32.1 Å². The van der Waals surface area contributed by atoms with Crippen LogP contribution in [0.1, 0.15) is 20.7 Å². The van der Waals surface area contributed by atoms with Gasteiger partial charge in [-0.05, 0) is 36.4 Å². The van der Waals surface area contributed by atoms with Crippen LogP contribution >= 0.6 is 22.7 Å². The molecule has 0 aliphatic heterocycles. The lowest BCUT2D eigenvalue weighted by atomic mass is 10.2. The zero-order valence-electron chi connectivity index (χ0n) is 12.4. The van der Waals surface area contributed by atoms with Gasteiger partial charge in [0.2, 0.25) is 0 Å². The van der Waals surface area contributed by atoms with Crippen LogP contribution in [0.3, 0.4) is 0 Å². The van der Waals surface area contributed by atoms with Crippen LogP contribution in [0.2, 0.25) is 0 Å². The SMILES string of the molecule is O=C(O)c1ccc2sc(Nc3nc4cc(C(=O)O)ccc4s3)nc2c1. The Labute approximate surface area is 148 Å². The number of carboxylic acid groups (broad SMARTS) is 2. The van der Waals surface area contributed by atoms with Crippen LogP contribution in [0.25, 0.3) is 20.4 Å². The zero-order valence-corrected chi connectivity index (χ0v) is 14.0. The highest BCUT2D eigenvalue weighted by atomic mass is 32.1. The molecule has 0 unspecified atom stereocenters. The minimum atomic E-state index is -0.996. The molecule has 0 aliphatic rings. The third-order valence-electron chi connectivity index (χ3n) is 3.48. The van der Waals surface area contributed by atoms with E-state index in [-0.39, 0.29) is 11.1 Å². The van der Waals surface area contributed by atoms with Crippen LogP contribution < -0.4 is 5.32 Å². The maximum atomic E-state index is 11.0. The number of benzene rings is 2. The molecule has 25 heavy (non-hydrogen) atoms. The van der Waals surface area contributed by atoms with Crippen molar-refractivity contribution in [1.82, 2.24) is 9.97 Å². The molecule has 0 amide bonds. The second-order valence-corrected chi connectivity index (χ2v) is 7.20. The quantitative estimate of drug-likeness (QED) is 0.496. The second-order valence-electron chi connectivity index (χ2n) is 5.14. The lowest BCUT2D eigenvalue weighted by Gasteiger charge is -1.94. The summed E-state index contributed by atoms with van der Waals surface area (Å²) in [7, 11) is 0. The summed E-state index contributed by atoms with van der Waals surface area (Å²) in [6, 6.07) is 9.57. The van der Waals surface area contributed by atoms with Crippen LogP contribution in [0.5, 0.6) is 0 Å². The Kier molecular flexibility index (Phi) is 3.59. The minimum absolute atomic E-state index is 0.186. The zero-order chi connectivity index (χ0) is 17.6. The van der Waals surface area contributed by atoms with Gasteiger partial charge in [0.15, 0.2) is 10.3 Å². The molecule has 3 N–H and O–H groups in total. The first-order chi connectivity index (χ1) is 12.0. The number of carbonyl (C=O) groups is 2. The lowest BCUT2D eigenvalue weighted by molar-refractivity contribution is 0.0686. The number of hydrogen-bond donors (Lipinski definition) is 3. The number of anilines is 2. The number of fused-ring (bicyclic) bond motifs is 2. The molecule has 0 radical (unpaired) electrons. The number of carboxylic acids is 2. The Morgan fingerprint density at radius 1 is 0.800 bits per heavy atom. The molecule has 2 aromatic heterocycles. The highest BCUT2D eigenvalue weighted by Gasteiger charge is 2.12. The van der Waals surface area contributed by atoms with Gasteiger partial charge in [0.05, 0.1) is 31.6 Å². The largest absolute Gasteiger partial charge is 0.478 e. The average molecular weight is 371 g/mol. The van der Waals surface area contributed by atoms with Crippen molar-refractivity contribution in [3.05, 3.63) is 47.5 Å². The fourth-order valence-corrected chi connectivity index (χ4v) is 4.07. The average Bonchev–Trinajstić information content (AvgIpc) is 3.15. The van der Waals surface area contributed by atoms with Gasteiger partial charge < -0.3 is 15.5 Å². The molecule has 4 aromatic rings. The maximum absolute atomic E-state index is 11.0. The molecule has 0 aliphatic carbocycles. The summed E-state index contributed by atoms with van der Waals surface area (Å²) in [5.41, 5.74) is 1.57. The third-order valence-corrected chi connectivity index (χ3v) is 5.39. The van der Waals surface area contributed by atoms with E-state index in [1.165, 1.54) is 46.9 Å². The molecule has 0 atom stereocenters. The third kappa shape index (κ3) is 2.90. The van der Waals surface area contributed by atoms with Crippen LogP contribution in [0, 0.1) is 0 Å². The van der Waals surface area contributed by atoms with Gasteiger partial charge in [0, 0.05) is 0 Å². The van der Waals surface area contributed by atoms with Gasteiger partial charge in [-0.25, -0.2) is 19.6 Å². The van der Waals surface area contributed by atoms with E-state index >= 15 is 0 Å². The number of rotatable bonds is 4. The van der Waals surface area contributed by atoms with Crippen molar-refractivity contribution in [3.8, 4) is 0 Å². The Bertz CT molecular complexity index is 1060. The first-order valence-electron chi connectivity index (χ1n) is 7.04. The van der Waals surface area contributed by atoms with E-state index in [1.54, 1.807) is 12.1 Å². The van der Waals surface area contributed by atoms with E-state index in [4.69, 9.17) is 10.2 Å². The standard InChI is InChI=1S/C16H9N3O4S2/c20-13(21)7-1-3-11-9(5-7)17-15(24-11)19-16-18-10-6-8(14(22)23)2-4-12(10)25-16/h1-6H,(H,20,21)(H,22,23)(H,17,18,19). The van der Waals surface area contributed by atoms with Gasteiger partial charge >= 0.3 is 11.9 Å². The first-order valence-corrected chi connectivity index (χ1v) is 8.68. The Balaban J connectivity index is 1.67. The van der Waals surface area contributed by atoms with Crippen LogP contribution in [0.4, 0.5) is 10.3 Å². The maximum Gasteiger partial charge on any atom is 0.335 e. The molecule has 124 valence electrons. The fraction of sp³-hybridized carbons (Fsp3) is 0. The van der Waals surface area contributed by atoms with Gasteiger partial charge in [0.1, 0.15) is 0 Å². The van der Waals surface area contributed by atoms with E-state index in [1.807, 2.05) is 0 Å². The van der Waals surface area contributed by atoms with Crippen molar-refractivity contribution in [2.24, 2.45) is 0 Å². The molecular formula is C16H9N3O4S2. The molecule has 2 aromatic carbocycles. The smallest absolute Gasteiger partial charge is 0.335 e. The summed E-state index contributed by atoms with van der Waals surface area (Å²) in [5, 5.41) is 22.4. The predicted octanol–water partition coefficient (Wildman–Crippen LogP) is 4.05. The molecular weight excluding hydrogens is 362 g/mol. The summed E-state index contributed by atoms with van der Waals surface area (Å²) in [5.74, 6) is -1.99. The molecule has 0 fully saturated rings. The van der Waals surface area contributed by atoms with Gasteiger partial charge in [-0.2, -0.15) is 0 Å². The summed E-state index contributed by atoms with van der Waals surface area (Å²) >= 11 is 2.78. The highest BCUT2D eigenvalue weighted by molar-refractivity contribution is 7.24. The minimum Gasteiger partial charge on any atom is -0.478 e. The summed E-state index contributed by atoms with van der Waals surface area (Å²) in [6.07, 6.45) is 0. The molecule has 0 spiro atoms. The molecule has 7 nitrogen and oxygen atoms in total. The van der Waals surface area contributed by atoms with Crippen molar-refractivity contribution in [2.75, 3.05) is 5.32 Å². The van der Waals surface area contributed by atoms with Gasteiger partial charge in [-0.3, -0.25) is 0 Å². The van der Waals surface area contributed by atoms with Crippen molar-refractivity contribution in [3.63, 3.8) is 0 Å². The predicted molar refractivity (Wildman–Crippen MR) is 96.4 cm³/mol. The molecule has 9 heteroatoms. The van der Waals surface area contributed by atoms with Gasteiger partial charge in [0.25, 0.3) is 0 Å². The van der Waals surface area contributed by atoms with E-state index < -0.39 is 11.9 Å². The number of nitrogens with zero attached hydrogens (tertiary/aromatic N) is 2. The second kappa shape index (κ2) is 5.80. The highest BCUT2D eigenvalue weighted by Crippen LogP contribution is 2.32. The number of nitrogens with one attached hydrogen (secondary N) is 1. The molecule has 0 saturated carbocycles. The van der Waals surface area contributed by atoms with E-state index in [2.05, 4.69) is 15.3 Å². The Morgan fingerprint density at radius 2 is 1.24 bits per heavy atom. The number of aromatic nitrogens is 2. The normalized spacial score (nSPS) is 11.0. The molecule has 0 bridgehead atoms. The van der Waals surface area contributed by atoms with Crippen LogP contribution in [-0.2, 0) is 0 Å². The van der Waals surface area contributed by atoms with E-state index in [0.717, 1.165) is 9.40 Å². The van der Waals surface area contributed by atoms with Crippen LogP contribution in [0.15, 0.2) is 36.4 Å². The van der Waals surface area contributed by atoms with Gasteiger partial charge in [-0.1, -0.05) is 22.7 Å². The summed E-state index contributed by atoms with van der Waals surface area (Å²) in [4.78, 5) is 30.8.